The Morgan fingerprint density at radius 2 is 2.00 bits per heavy atom. The second-order valence-electron chi connectivity index (χ2n) is 3.39. The van der Waals surface area contributed by atoms with Crippen molar-refractivity contribution in [3.8, 4) is 5.75 Å². The molecule has 1 aromatic rings. The number of carbonyl (C=O) groups excluding carboxylic acids is 2. The molecule has 0 fully saturated rings. The van der Waals surface area contributed by atoms with E-state index < -0.39 is 5.97 Å². The molecule has 0 atom stereocenters. The van der Waals surface area contributed by atoms with Crippen LogP contribution in [0.2, 0.25) is 0 Å². The average Bonchev–Trinajstić information content (AvgIpc) is 2.08. The Labute approximate surface area is 88.3 Å². The molecule has 0 aliphatic heterocycles. The molecule has 1 heterocycles. The number of aromatic nitrogens is 1. The Kier molecular flexibility index (Phi) is 3.55. The van der Waals surface area contributed by atoms with Gasteiger partial charge in [0.15, 0.2) is 5.75 Å². The van der Waals surface area contributed by atoms with E-state index >= 15 is 0 Å². The Morgan fingerprint density at radius 1 is 1.33 bits per heavy atom. The number of carbonyl (C=O) groups is 2. The van der Waals surface area contributed by atoms with Crippen LogP contribution in [0.3, 0.4) is 0 Å². The van der Waals surface area contributed by atoms with Crippen molar-refractivity contribution >= 4 is 11.8 Å². The van der Waals surface area contributed by atoms with Crippen LogP contribution >= 0.6 is 0 Å². The number of nitrogens with zero attached hydrogens (tertiary/aromatic N) is 1. The van der Waals surface area contributed by atoms with Gasteiger partial charge in [0.1, 0.15) is 12.2 Å². The molecule has 0 N–H and O–H groups in total. The van der Waals surface area contributed by atoms with Crippen LogP contribution in [0.15, 0.2) is 12.1 Å². The van der Waals surface area contributed by atoms with Crippen molar-refractivity contribution in [2.45, 2.75) is 27.2 Å². The van der Waals surface area contributed by atoms with E-state index in [0.29, 0.717) is 11.4 Å². The predicted molar refractivity (Wildman–Crippen MR) is 54.6 cm³/mol. The van der Waals surface area contributed by atoms with Crippen LogP contribution in [-0.2, 0) is 9.59 Å². The number of ketones is 1. The first-order valence-corrected chi connectivity index (χ1v) is 4.63. The van der Waals surface area contributed by atoms with Gasteiger partial charge in [0.25, 0.3) is 0 Å². The normalized spacial score (nSPS) is 9.80. The SMILES string of the molecule is CC(=O)CC(=O)Oc1ccc(C)nc1C. The smallest absolute Gasteiger partial charge is 0.318 e. The molecule has 0 aliphatic rings. The van der Waals surface area contributed by atoms with E-state index in [1.54, 1.807) is 19.1 Å². The quantitative estimate of drug-likeness (QED) is 0.557. The summed E-state index contributed by atoms with van der Waals surface area (Å²) in [5.41, 5.74) is 1.51. The van der Waals surface area contributed by atoms with E-state index in [9.17, 15) is 9.59 Å². The first-order valence-electron chi connectivity index (χ1n) is 4.63. The van der Waals surface area contributed by atoms with Gasteiger partial charge in [0.05, 0.1) is 5.69 Å². The maximum absolute atomic E-state index is 11.2. The molecule has 0 aromatic carbocycles. The molecule has 0 spiro atoms. The van der Waals surface area contributed by atoms with Crippen LogP contribution in [0.5, 0.6) is 5.75 Å². The third-order valence-electron chi connectivity index (χ3n) is 1.79. The zero-order valence-electron chi connectivity index (χ0n) is 9.03. The Balaban J connectivity index is 2.72. The average molecular weight is 207 g/mol. The highest BCUT2D eigenvalue weighted by Gasteiger charge is 2.10. The lowest BCUT2D eigenvalue weighted by Gasteiger charge is -2.05. The largest absolute Gasteiger partial charge is 0.424 e. The minimum absolute atomic E-state index is 0.201. The van der Waals surface area contributed by atoms with Crippen LogP contribution in [-0.4, -0.2) is 16.7 Å². The lowest BCUT2D eigenvalue weighted by atomic mass is 10.3. The van der Waals surface area contributed by atoms with E-state index in [4.69, 9.17) is 4.74 Å². The summed E-state index contributed by atoms with van der Waals surface area (Å²) < 4.78 is 4.99. The van der Waals surface area contributed by atoms with Crippen molar-refractivity contribution in [2.24, 2.45) is 0 Å². The van der Waals surface area contributed by atoms with Crippen LogP contribution in [0.4, 0.5) is 0 Å². The topological polar surface area (TPSA) is 56.3 Å². The second kappa shape index (κ2) is 4.68. The first kappa shape index (κ1) is 11.4. The molecular formula is C11H13NO3. The number of hydrogen-bond acceptors (Lipinski definition) is 4. The molecule has 0 unspecified atom stereocenters. The summed E-state index contributed by atoms with van der Waals surface area (Å²) in [6.07, 6.45) is -0.201. The van der Waals surface area contributed by atoms with Gasteiger partial charge < -0.3 is 4.74 Å². The number of ether oxygens (including phenoxy) is 1. The van der Waals surface area contributed by atoms with E-state index in [-0.39, 0.29) is 12.2 Å². The van der Waals surface area contributed by atoms with Crippen molar-refractivity contribution in [2.75, 3.05) is 0 Å². The number of pyridine rings is 1. The van der Waals surface area contributed by atoms with Gasteiger partial charge in [-0.25, -0.2) is 0 Å². The summed E-state index contributed by atoms with van der Waals surface area (Å²) in [7, 11) is 0. The lowest BCUT2D eigenvalue weighted by Crippen LogP contribution is -2.12. The Morgan fingerprint density at radius 3 is 2.53 bits per heavy atom. The van der Waals surface area contributed by atoms with Gasteiger partial charge in [-0.1, -0.05) is 0 Å². The van der Waals surface area contributed by atoms with E-state index in [2.05, 4.69) is 4.98 Å². The van der Waals surface area contributed by atoms with Crippen LogP contribution in [0.1, 0.15) is 24.7 Å². The molecule has 4 nitrogen and oxygen atoms in total. The molecule has 1 rings (SSSR count). The maximum atomic E-state index is 11.2. The second-order valence-corrected chi connectivity index (χ2v) is 3.39. The van der Waals surface area contributed by atoms with Gasteiger partial charge >= 0.3 is 5.97 Å². The molecule has 15 heavy (non-hydrogen) atoms. The molecular weight excluding hydrogens is 194 g/mol. The van der Waals surface area contributed by atoms with Crippen molar-refractivity contribution in [1.82, 2.24) is 4.98 Å². The molecule has 4 heteroatoms. The van der Waals surface area contributed by atoms with E-state index in [1.165, 1.54) is 6.92 Å². The highest BCUT2D eigenvalue weighted by molar-refractivity contribution is 5.94. The van der Waals surface area contributed by atoms with Gasteiger partial charge in [0, 0.05) is 5.69 Å². The first-order chi connectivity index (χ1) is 6.99. The number of esters is 1. The van der Waals surface area contributed by atoms with Crippen molar-refractivity contribution in [1.29, 1.82) is 0 Å². The molecule has 0 amide bonds. The van der Waals surface area contributed by atoms with Crippen molar-refractivity contribution in [3.63, 3.8) is 0 Å². The monoisotopic (exact) mass is 207 g/mol. The fraction of sp³-hybridized carbons (Fsp3) is 0.364. The summed E-state index contributed by atoms with van der Waals surface area (Å²) >= 11 is 0. The fourth-order valence-corrected chi connectivity index (χ4v) is 1.14. The van der Waals surface area contributed by atoms with E-state index in [0.717, 1.165) is 5.69 Å². The standard InChI is InChI=1S/C11H13NO3/c1-7-4-5-10(9(3)12-7)15-11(14)6-8(2)13/h4-5H,6H2,1-3H3. The summed E-state index contributed by atoms with van der Waals surface area (Å²) in [6, 6.07) is 3.43. The highest BCUT2D eigenvalue weighted by atomic mass is 16.5. The number of Topliss-reactive ketones (excluding diaryl/α,β-unsaturated/α-hetero) is 1. The van der Waals surface area contributed by atoms with Gasteiger partial charge in [-0.2, -0.15) is 0 Å². The number of hydrogen-bond donors (Lipinski definition) is 0. The van der Waals surface area contributed by atoms with Crippen LogP contribution < -0.4 is 4.74 Å². The highest BCUT2D eigenvalue weighted by Crippen LogP contribution is 2.15. The molecule has 0 aliphatic carbocycles. The third-order valence-corrected chi connectivity index (χ3v) is 1.79. The molecule has 80 valence electrons. The fourth-order valence-electron chi connectivity index (χ4n) is 1.14. The Hall–Kier alpha value is -1.71. The minimum atomic E-state index is -0.545. The zero-order chi connectivity index (χ0) is 11.4. The minimum Gasteiger partial charge on any atom is -0.424 e. The van der Waals surface area contributed by atoms with E-state index in [1.807, 2.05) is 6.92 Å². The van der Waals surface area contributed by atoms with Crippen LogP contribution in [0, 0.1) is 13.8 Å². The Bertz CT molecular complexity index is 399. The molecule has 0 saturated carbocycles. The summed E-state index contributed by atoms with van der Waals surface area (Å²) in [4.78, 5) is 26.0. The van der Waals surface area contributed by atoms with Gasteiger partial charge in [0.2, 0.25) is 0 Å². The number of aryl methyl sites for hydroxylation is 2. The van der Waals surface area contributed by atoms with Gasteiger partial charge in [-0.3, -0.25) is 14.6 Å². The zero-order valence-corrected chi connectivity index (χ0v) is 9.03. The maximum Gasteiger partial charge on any atom is 0.318 e. The summed E-state index contributed by atoms with van der Waals surface area (Å²) in [6.45, 7) is 4.96. The molecule has 1 aromatic heterocycles. The molecule has 0 bridgehead atoms. The van der Waals surface area contributed by atoms with Crippen molar-refractivity contribution < 1.29 is 14.3 Å². The molecule has 0 saturated heterocycles. The third kappa shape index (κ3) is 3.50. The molecule has 0 radical (unpaired) electrons. The summed E-state index contributed by atoms with van der Waals surface area (Å²) in [5, 5.41) is 0. The predicted octanol–water partition coefficient (Wildman–Crippen LogP) is 1.58. The van der Waals surface area contributed by atoms with Crippen molar-refractivity contribution in [3.05, 3.63) is 23.5 Å². The van der Waals surface area contributed by atoms with Gasteiger partial charge in [-0.15, -0.1) is 0 Å². The van der Waals surface area contributed by atoms with Crippen LogP contribution in [0.25, 0.3) is 0 Å². The summed E-state index contributed by atoms with van der Waals surface area (Å²) in [5.74, 6) is -0.346. The number of rotatable bonds is 3. The lowest BCUT2D eigenvalue weighted by molar-refractivity contribution is -0.137. The van der Waals surface area contributed by atoms with Gasteiger partial charge in [-0.05, 0) is 32.9 Å².